The van der Waals surface area contributed by atoms with E-state index < -0.39 is 0 Å². The Morgan fingerprint density at radius 3 is 3.00 bits per heavy atom. The van der Waals surface area contributed by atoms with Crippen LogP contribution in [0.3, 0.4) is 0 Å². The zero-order valence-corrected chi connectivity index (χ0v) is 11.2. The monoisotopic (exact) mass is 265 g/mol. The number of carbonyl (C=O) groups is 1. The van der Waals surface area contributed by atoms with Crippen LogP contribution in [-0.2, 0) is 11.3 Å². The van der Waals surface area contributed by atoms with E-state index in [1.54, 1.807) is 18.2 Å². The predicted molar refractivity (Wildman–Crippen MR) is 72.2 cm³/mol. The minimum absolute atomic E-state index is 0.0716. The van der Waals surface area contributed by atoms with Crippen molar-refractivity contribution in [3.63, 3.8) is 0 Å². The molecular weight excluding hydrogens is 245 g/mol. The maximum absolute atomic E-state index is 13.4. The van der Waals surface area contributed by atoms with Gasteiger partial charge >= 0.3 is 0 Å². The number of halogens is 1. The van der Waals surface area contributed by atoms with Crippen LogP contribution < -0.4 is 10.6 Å². The number of hydrogen-bond acceptors (Lipinski definition) is 3. The summed E-state index contributed by atoms with van der Waals surface area (Å²) in [5.41, 5.74) is 0.515. The third-order valence-electron chi connectivity index (χ3n) is 3.48. The van der Waals surface area contributed by atoms with Crippen molar-refractivity contribution < 1.29 is 9.18 Å². The first-order valence-electron chi connectivity index (χ1n) is 6.58. The van der Waals surface area contributed by atoms with Crippen LogP contribution in [-0.4, -0.2) is 43.5 Å². The molecule has 5 heteroatoms. The average Bonchev–Trinajstić information content (AvgIpc) is 2.91. The van der Waals surface area contributed by atoms with Crippen LogP contribution in [0, 0.1) is 5.82 Å². The highest BCUT2D eigenvalue weighted by Crippen LogP contribution is 2.07. The van der Waals surface area contributed by atoms with E-state index in [2.05, 4.69) is 10.6 Å². The minimum atomic E-state index is -0.281. The summed E-state index contributed by atoms with van der Waals surface area (Å²) < 4.78 is 13.4. The van der Waals surface area contributed by atoms with Gasteiger partial charge in [0.15, 0.2) is 0 Å². The highest BCUT2D eigenvalue weighted by atomic mass is 19.1. The van der Waals surface area contributed by atoms with Crippen molar-refractivity contribution in [3.05, 3.63) is 35.6 Å². The van der Waals surface area contributed by atoms with Gasteiger partial charge in [0.05, 0.1) is 6.54 Å². The molecule has 1 fully saturated rings. The standard InChI is InChI=1S/C14H20FN3O/c1-18(12-6-7-16-9-12)10-14(19)17-8-11-4-2-3-5-13(11)15/h2-5,12,16H,6-10H2,1H3,(H,17,19). The van der Waals surface area contributed by atoms with Gasteiger partial charge in [0.1, 0.15) is 5.82 Å². The fraction of sp³-hybridized carbons (Fsp3) is 0.500. The van der Waals surface area contributed by atoms with Gasteiger partial charge in [-0.25, -0.2) is 4.39 Å². The van der Waals surface area contributed by atoms with Gasteiger partial charge in [0.25, 0.3) is 0 Å². The van der Waals surface area contributed by atoms with Crippen molar-refractivity contribution >= 4 is 5.91 Å². The molecule has 0 aliphatic carbocycles. The molecule has 1 aliphatic heterocycles. The Labute approximate surface area is 113 Å². The largest absolute Gasteiger partial charge is 0.351 e. The number of likely N-dealkylation sites (N-methyl/N-ethyl adjacent to an activating group) is 1. The lowest BCUT2D eigenvalue weighted by molar-refractivity contribution is -0.122. The number of nitrogens with one attached hydrogen (secondary N) is 2. The summed E-state index contributed by atoms with van der Waals surface area (Å²) in [5.74, 6) is -0.353. The van der Waals surface area contributed by atoms with E-state index >= 15 is 0 Å². The second kappa shape index (κ2) is 6.63. The lowest BCUT2D eigenvalue weighted by atomic mass is 10.2. The average molecular weight is 265 g/mol. The molecule has 0 bridgehead atoms. The zero-order chi connectivity index (χ0) is 13.7. The molecule has 2 rings (SSSR count). The van der Waals surface area contributed by atoms with Crippen molar-refractivity contribution in [2.24, 2.45) is 0 Å². The Morgan fingerprint density at radius 1 is 1.53 bits per heavy atom. The summed E-state index contributed by atoms with van der Waals surface area (Å²) in [4.78, 5) is 13.8. The van der Waals surface area contributed by atoms with E-state index in [4.69, 9.17) is 0 Å². The van der Waals surface area contributed by atoms with Crippen LogP contribution in [0.5, 0.6) is 0 Å². The number of amides is 1. The first kappa shape index (κ1) is 14.0. The lowest BCUT2D eigenvalue weighted by Gasteiger charge is -2.22. The van der Waals surface area contributed by atoms with Crippen molar-refractivity contribution in [1.82, 2.24) is 15.5 Å². The Morgan fingerprint density at radius 2 is 2.32 bits per heavy atom. The lowest BCUT2D eigenvalue weighted by Crippen LogP contribution is -2.41. The number of benzene rings is 1. The maximum atomic E-state index is 13.4. The number of carbonyl (C=O) groups excluding carboxylic acids is 1. The van der Waals surface area contributed by atoms with Gasteiger partial charge in [-0.15, -0.1) is 0 Å². The highest BCUT2D eigenvalue weighted by molar-refractivity contribution is 5.78. The predicted octanol–water partition coefficient (Wildman–Crippen LogP) is 0.736. The molecule has 104 valence electrons. The molecule has 1 aromatic carbocycles. The van der Waals surface area contributed by atoms with E-state index in [0.29, 0.717) is 18.2 Å². The number of nitrogens with zero attached hydrogens (tertiary/aromatic N) is 1. The van der Waals surface area contributed by atoms with Crippen LogP contribution in [0.25, 0.3) is 0 Å². The van der Waals surface area contributed by atoms with E-state index in [-0.39, 0.29) is 18.3 Å². The third kappa shape index (κ3) is 4.01. The van der Waals surface area contributed by atoms with Gasteiger partial charge < -0.3 is 10.6 Å². The molecule has 2 N–H and O–H groups in total. The van der Waals surface area contributed by atoms with Crippen LogP contribution in [0.1, 0.15) is 12.0 Å². The Balaban J connectivity index is 1.77. The van der Waals surface area contributed by atoms with Crippen LogP contribution in [0.4, 0.5) is 4.39 Å². The second-order valence-corrected chi connectivity index (χ2v) is 4.93. The maximum Gasteiger partial charge on any atom is 0.234 e. The molecule has 1 saturated heterocycles. The van der Waals surface area contributed by atoms with Crippen LogP contribution >= 0.6 is 0 Å². The van der Waals surface area contributed by atoms with Crippen molar-refractivity contribution in [2.45, 2.75) is 19.0 Å². The second-order valence-electron chi connectivity index (χ2n) is 4.93. The molecule has 1 aliphatic rings. The topological polar surface area (TPSA) is 44.4 Å². The van der Waals surface area contributed by atoms with Gasteiger partial charge in [-0.3, -0.25) is 9.69 Å². The Hall–Kier alpha value is -1.46. The molecule has 0 spiro atoms. The zero-order valence-electron chi connectivity index (χ0n) is 11.2. The summed E-state index contributed by atoms with van der Waals surface area (Å²) in [6.45, 7) is 2.52. The third-order valence-corrected chi connectivity index (χ3v) is 3.48. The molecule has 4 nitrogen and oxygen atoms in total. The molecule has 1 unspecified atom stereocenters. The molecule has 0 radical (unpaired) electrons. The molecule has 0 aromatic heterocycles. The van der Waals surface area contributed by atoms with Crippen LogP contribution in [0.15, 0.2) is 24.3 Å². The summed E-state index contributed by atoms with van der Waals surface area (Å²) in [7, 11) is 1.94. The Bertz CT molecular complexity index is 432. The van der Waals surface area contributed by atoms with Crippen molar-refractivity contribution in [2.75, 3.05) is 26.7 Å². The van der Waals surface area contributed by atoms with Gasteiger partial charge in [-0.1, -0.05) is 18.2 Å². The number of rotatable bonds is 5. The van der Waals surface area contributed by atoms with E-state index in [1.807, 2.05) is 11.9 Å². The highest BCUT2D eigenvalue weighted by Gasteiger charge is 2.20. The summed E-state index contributed by atoms with van der Waals surface area (Å²) >= 11 is 0. The summed E-state index contributed by atoms with van der Waals surface area (Å²) in [6.07, 6.45) is 1.07. The van der Waals surface area contributed by atoms with Gasteiger partial charge in [-0.2, -0.15) is 0 Å². The molecule has 1 amide bonds. The molecular formula is C14H20FN3O. The van der Waals surface area contributed by atoms with Gasteiger partial charge in [0, 0.05) is 24.7 Å². The fourth-order valence-electron chi connectivity index (χ4n) is 2.26. The molecule has 1 atom stereocenters. The molecule has 1 aromatic rings. The minimum Gasteiger partial charge on any atom is -0.351 e. The smallest absolute Gasteiger partial charge is 0.234 e. The van der Waals surface area contributed by atoms with Crippen molar-refractivity contribution in [3.8, 4) is 0 Å². The molecule has 19 heavy (non-hydrogen) atoms. The van der Waals surface area contributed by atoms with Crippen molar-refractivity contribution in [1.29, 1.82) is 0 Å². The quantitative estimate of drug-likeness (QED) is 0.825. The first-order chi connectivity index (χ1) is 9.16. The Kier molecular flexibility index (Phi) is 4.87. The molecule has 0 saturated carbocycles. The first-order valence-corrected chi connectivity index (χ1v) is 6.58. The number of hydrogen-bond donors (Lipinski definition) is 2. The van der Waals surface area contributed by atoms with Gasteiger partial charge in [0.2, 0.25) is 5.91 Å². The van der Waals surface area contributed by atoms with Crippen LogP contribution in [0.2, 0.25) is 0 Å². The van der Waals surface area contributed by atoms with E-state index in [9.17, 15) is 9.18 Å². The molecule has 1 heterocycles. The fourth-order valence-corrected chi connectivity index (χ4v) is 2.26. The SMILES string of the molecule is CN(CC(=O)NCc1ccccc1F)C1CCNC1. The van der Waals surface area contributed by atoms with E-state index in [1.165, 1.54) is 6.07 Å². The summed E-state index contributed by atoms with van der Waals surface area (Å²) in [6, 6.07) is 6.90. The van der Waals surface area contributed by atoms with E-state index in [0.717, 1.165) is 19.5 Å². The summed E-state index contributed by atoms with van der Waals surface area (Å²) in [5, 5.41) is 6.02. The van der Waals surface area contributed by atoms with Gasteiger partial charge in [-0.05, 0) is 26.1 Å². The normalized spacial score (nSPS) is 18.8.